The van der Waals surface area contributed by atoms with Crippen LogP contribution < -0.4 is 5.32 Å². The summed E-state index contributed by atoms with van der Waals surface area (Å²) in [6.07, 6.45) is 7.25. The molecule has 2 fully saturated rings. The van der Waals surface area contributed by atoms with Crippen molar-refractivity contribution in [2.45, 2.75) is 44.8 Å². The summed E-state index contributed by atoms with van der Waals surface area (Å²) < 4.78 is 5.66. The first-order chi connectivity index (χ1) is 9.81. The Balaban J connectivity index is 1.42. The molecular formula is C16H27N3O. The highest BCUT2D eigenvalue weighted by molar-refractivity contribution is 5.17. The number of nitrogens with zero attached hydrogens (tertiary/aromatic N) is 2. The van der Waals surface area contributed by atoms with Gasteiger partial charge in [0.1, 0.15) is 5.76 Å². The zero-order chi connectivity index (χ0) is 13.8. The lowest BCUT2D eigenvalue weighted by molar-refractivity contribution is 0.238. The van der Waals surface area contributed by atoms with E-state index in [0.717, 1.165) is 31.4 Å². The zero-order valence-corrected chi connectivity index (χ0v) is 12.6. The van der Waals surface area contributed by atoms with E-state index in [2.05, 4.69) is 28.2 Å². The summed E-state index contributed by atoms with van der Waals surface area (Å²) in [5, 5.41) is 3.56. The fourth-order valence-electron chi connectivity index (χ4n) is 2.85. The molecule has 0 unspecified atom stereocenters. The van der Waals surface area contributed by atoms with Crippen LogP contribution in [0.1, 0.15) is 37.0 Å². The van der Waals surface area contributed by atoms with Gasteiger partial charge in [-0.15, -0.1) is 0 Å². The van der Waals surface area contributed by atoms with Crippen LogP contribution in [0.15, 0.2) is 16.7 Å². The number of hydrogen-bond donors (Lipinski definition) is 1. The molecule has 1 saturated carbocycles. The molecule has 1 N–H and O–H groups in total. The highest BCUT2D eigenvalue weighted by Crippen LogP contribution is 2.20. The minimum atomic E-state index is 0.755. The average Bonchev–Trinajstić information content (AvgIpc) is 2.95. The van der Waals surface area contributed by atoms with Gasteiger partial charge in [0.15, 0.2) is 0 Å². The third kappa shape index (κ3) is 4.08. The lowest BCUT2D eigenvalue weighted by Gasteiger charge is -2.20. The fraction of sp³-hybridized carbons (Fsp3) is 0.750. The molecular weight excluding hydrogens is 250 g/mol. The van der Waals surface area contributed by atoms with E-state index in [1.54, 1.807) is 0 Å². The largest absolute Gasteiger partial charge is 0.468 e. The van der Waals surface area contributed by atoms with Gasteiger partial charge in [-0.25, -0.2) is 0 Å². The smallest absolute Gasteiger partial charge is 0.122 e. The molecule has 112 valence electrons. The lowest BCUT2D eigenvalue weighted by Crippen LogP contribution is -2.31. The van der Waals surface area contributed by atoms with Gasteiger partial charge >= 0.3 is 0 Å². The Morgan fingerprint density at radius 3 is 2.90 bits per heavy atom. The highest BCUT2D eigenvalue weighted by atomic mass is 16.3. The first-order valence-electron chi connectivity index (χ1n) is 8.01. The number of nitrogens with one attached hydrogen (secondary N) is 1. The van der Waals surface area contributed by atoms with E-state index >= 15 is 0 Å². The van der Waals surface area contributed by atoms with E-state index in [9.17, 15) is 0 Å². The van der Waals surface area contributed by atoms with E-state index in [1.807, 2.05) is 6.26 Å². The van der Waals surface area contributed by atoms with Crippen LogP contribution in [0.2, 0.25) is 0 Å². The summed E-state index contributed by atoms with van der Waals surface area (Å²) in [5.41, 5.74) is 1.32. The van der Waals surface area contributed by atoms with Gasteiger partial charge in [-0.3, -0.25) is 4.90 Å². The second-order valence-corrected chi connectivity index (χ2v) is 6.31. The molecule has 0 aromatic carbocycles. The zero-order valence-electron chi connectivity index (χ0n) is 12.6. The predicted molar refractivity (Wildman–Crippen MR) is 80.6 cm³/mol. The van der Waals surface area contributed by atoms with Crippen molar-refractivity contribution < 1.29 is 4.42 Å². The van der Waals surface area contributed by atoms with E-state index in [1.165, 1.54) is 50.9 Å². The van der Waals surface area contributed by atoms with E-state index in [-0.39, 0.29) is 0 Å². The molecule has 1 aromatic rings. The van der Waals surface area contributed by atoms with Gasteiger partial charge < -0.3 is 14.6 Å². The van der Waals surface area contributed by atoms with Crippen LogP contribution in [0.5, 0.6) is 0 Å². The van der Waals surface area contributed by atoms with Gasteiger partial charge in [-0.05, 0) is 51.9 Å². The van der Waals surface area contributed by atoms with Gasteiger partial charge in [0.25, 0.3) is 0 Å². The topological polar surface area (TPSA) is 31.6 Å². The Kier molecular flexibility index (Phi) is 4.76. The molecule has 0 spiro atoms. The van der Waals surface area contributed by atoms with Crippen LogP contribution in [0.4, 0.5) is 0 Å². The number of likely N-dealkylation sites (N-methyl/N-ethyl adjacent to an activating group) is 1. The molecule has 3 rings (SSSR count). The second-order valence-electron chi connectivity index (χ2n) is 6.31. The number of rotatable bonds is 8. The molecule has 4 nitrogen and oxygen atoms in total. The molecule has 1 aliphatic carbocycles. The Labute approximate surface area is 122 Å². The summed E-state index contributed by atoms with van der Waals surface area (Å²) in [5.74, 6) is 1.13. The molecule has 0 bridgehead atoms. The summed E-state index contributed by atoms with van der Waals surface area (Å²) in [7, 11) is 2.19. The van der Waals surface area contributed by atoms with Crippen molar-refractivity contribution in [3.63, 3.8) is 0 Å². The number of likely N-dealkylation sites (tertiary alicyclic amines) is 1. The predicted octanol–water partition coefficient (Wildman–Crippen LogP) is 2.06. The summed E-state index contributed by atoms with van der Waals surface area (Å²) in [4.78, 5) is 4.94. The molecule has 1 aliphatic heterocycles. The third-order valence-corrected chi connectivity index (χ3v) is 4.41. The third-order valence-electron chi connectivity index (χ3n) is 4.41. The van der Waals surface area contributed by atoms with Crippen LogP contribution in [-0.2, 0) is 13.1 Å². The summed E-state index contributed by atoms with van der Waals surface area (Å²) >= 11 is 0. The quantitative estimate of drug-likeness (QED) is 0.788. The Morgan fingerprint density at radius 2 is 2.15 bits per heavy atom. The monoisotopic (exact) mass is 277 g/mol. The maximum absolute atomic E-state index is 5.66. The van der Waals surface area contributed by atoms with Gasteiger partial charge in [0.05, 0.1) is 12.8 Å². The van der Waals surface area contributed by atoms with Crippen molar-refractivity contribution in [2.24, 2.45) is 0 Å². The number of hydrogen-bond acceptors (Lipinski definition) is 4. The first kappa shape index (κ1) is 14.1. The molecule has 0 atom stereocenters. The first-order valence-corrected chi connectivity index (χ1v) is 8.01. The molecule has 2 heterocycles. The van der Waals surface area contributed by atoms with E-state index < -0.39 is 0 Å². The molecule has 4 heteroatoms. The van der Waals surface area contributed by atoms with Gasteiger partial charge in [-0.1, -0.05) is 0 Å². The molecule has 1 aromatic heterocycles. The Bertz CT molecular complexity index is 408. The van der Waals surface area contributed by atoms with Gasteiger partial charge in [-0.2, -0.15) is 0 Å². The maximum Gasteiger partial charge on any atom is 0.122 e. The van der Waals surface area contributed by atoms with Crippen LogP contribution in [0.25, 0.3) is 0 Å². The second kappa shape index (κ2) is 6.74. The standard InChI is InChI=1S/C16H27N3O/c1-18(9-10-19-7-2-3-8-19)13-16-14(6-11-20-16)12-17-15-4-5-15/h6,11,15,17H,2-5,7-10,12-13H2,1H3. The van der Waals surface area contributed by atoms with Crippen LogP contribution in [0.3, 0.4) is 0 Å². The van der Waals surface area contributed by atoms with Crippen molar-refractivity contribution in [3.8, 4) is 0 Å². The van der Waals surface area contributed by atoms with Crippen molar-refractivity contribution in [3.05, 3.63) is 23.7 Å². The molecule has 0 amide bonds. The maximum atomic E-state index is 5.66. The van der Waals surface area contributed by atoms with Crippen LogP contribution >= 0.6 is 0 Å². The van der Waals surface area contributed by atoms with Crippen LogP contribution in [-0.4, -0.2) is 49.1 Å². The normalized spacial score (nSPS) is 20.1. The highest BCUT2D eigenvalue weighted by Gasteiger charge is 2.21. The summed E-state index contributed by atoms with van der Waals surface area (Å²) in [6, 6.07) is 2.87. The Hall–Kier alpha value is -0.840. The number of furan rings is 1. The average molecular weight is 277 g/mol. The van der Waals surface area contributed by atoms with Crippen molar-refractivity contribution >= 4 is 0 Å². The van der Waals surface area contributed by atoms with Crippen molar-refractivity contribution in [1.82, 2.24) is 15.1 Å². The Morgan fingerprint density at radius 1 is 1.35 bits per heavy atom. The SMILES string of the molecule is CN(CCN1CCCC1)Cc1occc1CNC1CC1. The van der Waals surface area contributed by atoms with E-state index in [4.69, 9.17) is 4.42 Å². The molecule has 0 radical (unpaired) electrons. The molecule has 20 heavy (non-hydrogen) atoms. The van der Waals surface area contributed by atoms with Crippen molar-refractivity contribution in [1.29, 1.82) is 0 Å². The minimum absolute atomic E-state index is 0.755. The van der Waals surface area contributed by atoms with Gasteiger partial charge in [0, 0.05) is 31.2 Å². The van der Waals surface area contributed by atoms with Crippen LogP contribution in [0, 0.1) is 0 Å². The van der Waals surface area contributed by atoms with Crippen molar-refractivity contribution in [2.75, 3.05) is 33.2 Å². The van der Waals surface area contributed by atoms with E-state index in [0.29, 0.717) is 0 Å². The summed E-state index contributed by atoms with van der Waals surface area (Å²) in [6.45, 7) is 6.75. The molecule has 2 aliphatic rings. The fourth-order valence-corrected chi connectivity index (χ4v) is 2.85. The lowest BCUT2D eigenvalue weighted by atomic mass is 10.2. The minimum Gasteiger partial charge on any atom is -0.468 e. The molecule has 1 saturated heterocycles. The van der Waals surface area contributed by atoms with Gasteiger partial charge in [0.2, 0.25) is 0 Å².